The van der Waals surface area contributed by atoms with Crippen LogP contribution in [-0.4, -0.2) is 23.1 Å². The number of ether oxygens (including phenoxy) is 1. The number of esters is 1. The fourth-order valence-electron chi connectivity index (χ4n) is 1.30. The maximum absolute atomic E-state index is 11.5. The largest absolute Gasteiger partial charge is 0.457 e. The van der Waals surface area contributed by atoms with Gasteiger partial charge in [0.05, 0.1) is 12.2 Å². The summed E-state index contributed by atoms with van der Waals surface area (Å²) in [6.45, 7) is 5.86. The Labute approximate surface area is 94.5 Å². The summed E-state index contributed by atoms with van der Waals surface area (Å²) in [7, 11) is 0. The number of carbonyl (C=O) groups excluding carboxylic acids is 1. The van der Waals surface area contributed by atoms with Gasteiger partial charge in [-0.15, -0.1) is 0 Å². The first-order valence-electron chi connectivity index (χ1n) is 5.07. The lowest BCUT2D eigenvalue weighted by Crippen LogP contribution is -2.19. The molecule has 4 nitrogen and oxygen atoms in total. The highest BCUT2D eigenvalue weighted by molar-refractivity contribution is 6.40. The molecule has 0 amide bonds. The lowest BCUT2D eigenvalue weighted by Gasteiger charge is -2.01. The van der Waals surface area contributed by atoms with Crippen molar-refractivity contribution in [2.24, 2.45) is 0 Å². The molecule has 0 aliphatic carbocycles. The van der Waals surface area contributed by atoms with Crippen LogP contribution in [0.25, 0.3) is 5.53 Å². The maximum atomic E-state index is 11.5. The molecule has 0 radical (unpaired) electrons. The molecule has 0 aliphatic heterocycles. The van der Waals surface area contributed by atoms with E-state index in [4.69, 9.17) is 10.3 Å². The van der Waals surface area contributed by atoms with Crippen molar-refractivity contribution in [3.8, 4) is 0 Å². The minimum absolute atomic E-state index is 0.0649. The summed E-state index contributed by atoms with van der Waals surface area (Å²) in [5, 5.41) is 0. The zero-order chi connectivity index (χ0) is 12.1. The van der Waals surface area contributed by atoms with E-state index in [1.165, 1.54) is 0 Å². The predicted molar refractivity (Wildman–Crippen MR) is 60.3 cm³/mol. The molecule has 0 fully saturated rings. The van der Waals surface area contributed by atoms with Gasteiger partial charge in [0.15, 0.2) is 0 Å². The predicted octanol–water partition coefficient (Wildman–Crippen LogP) is 1.89. The van der Waals surface area contributed by atoms with Crippen LogP contribution in [-0.2, 0) is 9.53 Å². The Kier molecular flexibility index (Phi) is 3.97. The number of benzene rings is 1. The third kappa shape index (κ3) is 2.55. The smallest absolute Gasteiger partial charge is 0.422 e. The molecule has 4 heteroatoms. The van der Waals surface area contributed by atoms with Crippen molar-refractivity contribution in [1.82, 2.24) is 0 Å². The Balaban J connectivity index is 3.11. The Hall–Kier alpha value is -1.93. The van der Waals surface area contributed by atoms with E-state index in [0.717, 1.165) is 11.1 Å². The molecule has 16 heavy (non-hydrogen) atoms. The molecule has 0 saturated heterocycles. The molecule has 0 atom stereocenters. The van der Waals surface area contributed by atoms with Gasteiger partial charge in [0, 0.05) is 0 Å². The van der Waals surface area contributed by atoms with E-state index in [1.807, 2.05) is 19.9 Å². The molecule has 0 bridgehead atoms. The molecule has 84 valence electrons. The zero-order valence-electron chi connectivity index (χ0n) is 9.65. The van der Waals surface area contributed by atoms with Crippen molar-refractivity contribution < 1.29 is 14.3 Å². The van der Waals surface area contributed by atoms with Crippen LogP contribution in [0.3, 0.4) is 0 Å². The first kappa shape index (κ1) is 12.1. The summed E-state index contributed by atoms with van der Waals surface area (Å²) >= 11 is 0. The average Bonchev–Trinajstić information content (AvgIpc) is 2.25. The van der Waals surface area contributed by atoms with Crippen LogP contribution in [0.1, 0.15) is 23.6 Å². The van der Waals surface area contributed by atoms with Crippen LogP contribution >= 0.6 is 0 Å². The van der Waals surface area contributed by atoms with E-state index in [-0.39, 0.29) is 12.3 Å². The summed E-state index contributed by atoms with van der Waals surface area (Å²) in [5.74, 6) is -0.617. The molecular weight excluding hydrogens is 204 g/mol. The van der Waals surface area contributed by atoms with Gasteiger partial charge in [0.1, 0.15) is 0 Å². The molecule has 0 aromatic heterocycles. The second-order valence-electron chi connectivity index (χ2n) is 3.47. The monoisotopic (exact) mass is 218 g/mol. The van der Waals surface area contributed by atoms with Crippen LogP contribution in [0.5, 0.6) is 0 Å². The minimum Gasteiger partial charge on any atom is -0.457 e. The molecule has 1 rings (SSSR count). The number of hydrogen-bond acceptors (Lipinski definition) is 2. The van der Waals surface area contributed by atoms with Crippen molar-refractivity contribution in [3.05, 3.63) is 40.4 Å². The number of rotatable bonds is 3. The molecular formula is C12H14N2O2. The molecule has 0 unspecified atom stereocenters. The highest BCUT2D eigenvalue weighted by atomic mass is 16.5. The van der Waals surface area contributed by atoms with Gasteiger partial charge in [0.25, 0.3) is 0 Å². The van der Waals surface area contributed by atoms with Gasteiger partial charge in [-0.1, -0.05) is 6.07 Å². The Morgan fingerprint density at radius 3 is 2.56 bits per heavy atom. The normalized spacial score (nSPS) is 9.44. The lowest BCUT2D eigenvalue weighted by molar-refractivity contribution is -0.139. The number of hydrogen-bond donors (Lipinski definition) is 0. The molecule has 1 aromatic carbocycles. The van der Waals surface area contributed by atoms with Gasteiger partial charge >= 0.3 is 11.7 Å². The van der Waals surface area contributed by atoms with Gasteiger partial charge in [-0.25, -0.2) is 4.79 Å². The van der Waals surface area contributed by atoms with E-state index in [2.05, 4.69) is 4.79 Å². The summed E-state index contributed by atoms with van der Waals surface area (Å²) < 4.78 is 4.79. The van der Waals surface area contributed by atoms with Gasteiger partial charge < -0.3 is 10.3 Å². The van der Waals surface area contributed by atoms with Crippen molar-refractivity contribution in [2.45, 2.75) is 20.8 Å². The van der Waals surface area contributed by atoms with E-state index < -0.39 is 5.97 Å². The van der Waals surface area contributed by atoms with Gasteiger partial charge in [-0.2, -0.15) is 4.79 Å². The minimum atomic E-state index is -0.617. The summed E-state index contributed by atoms with van der Waals surface area (Å²) in [6.07, 6.45) is 0. The topological polar surface area (TPSA) is 62.7 Å². The molecule has 0 spiro atoms. The third-order valence-electron chi connectivity index (χ3n) is 2.35. The van der Waals surface area contributed by atoms with Crippen molar-refractivity contribution in [1.29, 1.82) is 0 Å². The van der Waals surface area contributed by atoms with Crippen molar-refractivity contribution >= 4 is 11.7 Å². The molecule has 0 aliphatic rings. The van der Waals surface area contributed by atoms with E-state index >= 15 is 0 Å². The Morgan fingerprint density at radius 2 is 2.06 bits per heavy atom. The van der Waals surface area contributed by atoms with Gasteiger partial charge in [-0.05, 0) is 44.0 Å². The van der Waals surface area contributed by atoms with Crippen LogP contribution in [0.2, 0.25) is 0 Å². The molecule has 0 saturated carbocycles. The maximum Gasteiger partial charge on any atom is 0.422 e. The van der Waals surface area contributed by atoms with Gasteiger partial charge in [0.2, 0.25) is 0 Å². The van der Waals surface area contributed by atoms with E-state index in [0.29, 0.717) is 5.56 Å². The van der Waals surface area contributed by atoms with Crippen LogP contribution in [0.4, 0.5) is 0 Å². The van der Waals surface area contributed by atoms with Crippen LogP contribution < -0.4 is 0 Å². The Bertz CT molecular complexity index is 460. The first-order chi connectivity index (χ1) is 7.60. The SMILES string of the molecule is CCOC(=O)C(=[N+]=[N-])c1ccc(C)c(C)c1. The number of carbonyl (C=O) groups is 1. The fourth-order valence-corrected chi connectivity index (χ4v) is 1.30. The zero-order valence-corrected chi connectivity index (χ0v) is 9.65. The number of nitrogens with zero attached hydrogens (tertiary/aromatic N) is 2. The second kappa shape index (κ2) is 5.24. The summed E-state index contributed by atoms with van der Waals surface area (Å²) in [5.41, 5.74) is 11.5. The molecule has 0 heterocycles. The quantitative estimate of drug-likeness (QED) is 0.336. The summed E-state index contributed by atoms with van der Waals surface area (Å²) in [4.78, 5) is 14.4. The van der Waals surface area contributed by atoms with E-state index in [9.17, 15) is 4.79 Å². The number of aryl methyl sites for hydroxylation is 2. The van der Waals surface area contributed by atoms with Gasteiger partial charge in [-0.3, -0.25) is 0 Å². The second-order valence-corrected chi connectivity index (χ2v) is 3.47. The molecule has 0 N–H and O–H groups in total. The third-order valence-corrected chi connectivity index (χ3v) is 2.35. The fraction of sp³-hybridized carbons (Fsp3) is 0.333. The van der Waals surface area contributed by atoms with E-state index in [1.54, 1.807) is 19.1 Å². The highest BCUT2D eigenvalue weighted by Gasteiger charge is 2.24. The lowest BCUT2D eigenvalue weighted by atomic mass is 10.0. The highest BCUT2D eigenvalue weighted by Crippen LogP contribution is 2.10. The first-order valence-corrected chi connectivity index (χ1v) is 5.07. The summed E-state index contributed by atoms with van der Waals surface area (Å²) in [6, 6.07) is 5.39. The molecule has 1 aromatic rings. The standard InChI is InChI=1S/C12H14N2O2/c1-4-16-12(15)11(14-13)10-6-5-8(2)9(3)7-10/h5-7H,4H2,1-3H3. The average molecular weight is 218 g/mol. The van der Waals surface area contributed by atoms with Crippen LogP contribution in [0.15, 0.2) is 18.2 Å². The Morgan fingerprint density at radius 1 is 1.38 bits per heavy atom. The van der Waals surface area contributed by atoms with Crippen molar-refractivity contribution in [2.75, 3.05) is 6.61 Å². The van der Waals surface area contributed by atoms with Crippen molar-refractivity contribution in [3.63, 3.8) is 0 Å². The van der Waals surface area contributed by atoms with Crippen LogP contribution in [0, 0.1) is 13.8 Å².